The zero-order valence-electron chi connectivity index (χ0n) is 11.1. The summed E-state index contributed by atoms with van der Waals surface area (Å²) in [6, 6.07) is 5.71. The Kier molecular flexibility index (Phi) is 7.79. The molecular weight excluding hydrogens is 349 g/mol. The Morgan fingerprint density at radius 3 is 2.16 bits per heavy atom. The number of aliphatic imine (C=N–C) groups is 1. The molecule has 19 heavy (non-hydrogen) atoms. The molecule has 1 aromatic rings. The molecule has 108 valence electrons. The lowest BCUT2D eigenvalue weighted by molar-refractivity contribution is 0.408. The number of hydrogen-bond acceptors (Lipinski definition) is 1. The third-order valence-electron chi connectivity index (χ3n) is 3.45. The molecule has 1 rings (SSSR count). The van der Waals surface area contributed by atoms with Gasteiger partial charge in [-0.2, -0.15) is 0 Å². The Balaban J connectivity index is 0.00000324. The first-order valence-corrected chi connectivity index (χ1v) is 6.71. The van der Waals surface area contributed by atoms with Crippen molar-refractivity contribution in [2.24, 2.45) is 16.5 Å². The molecule has 0 aliphatic heterocycles. The lowest BCUT2D eigenvalue weighted by Gasteiger charge is -2.31. The van der Waals surface area contributed by atoms with Crippen molar-refractivity contribution in [2.75, 3.05) is 6.54 Å². The minimum atomic E-state index is -0.0990. The zero-order valence-corrected chi connectivity index (χ0v) is 14.3. The second-order valence-corrected chi connectivity index (χ2v) is 5.17. The predicted octanol–water partition coefficient (Wildman–Crippen LogP) is 3.90. The highest BCUT2D eigenvalue weighted by atomic mass is 79.9. The van der Waals surface area contributed by atoms with Gasteiger partial charge in [-0.3, -0.25) is 4.99 Å². The van der Waals surface area contributed by atoms with Gasteiger partial charge < -0.3 is 11.5 Å². The Morgan fingerprint density at radius 1 is 1.16 bits per heavy atom. The molecule has 0 saturated heterocycles. The van der Waals surface area contributed by atoms with Crippen LogP contribution >= 0.6 is 40.2 Å². The van der Waals surface area contributed by atoms with Gasteiger partial charge in [0.05, 0.1) is 16.6 Å². The van der Waals surface area contributed by atoms with Crippen LogP contribution in [0.15, 0.2) is 23.2 Å². The van der Waals surface area contributed by atoms with Crippen LogP contribution in [0.1, 0.15) is 32.3 Å². The van der Waals surface area contributed by atoms with Crippen LogP contribution in [0.4, 0.5) is 0 Å². The van der Waals surface area contributed by atoms with Crippen molar-refractivity contribution in [3.63, 3.8) is 0 Å². The van der Waals surface area contributed by atoms with Crippen molar-refractivity contribution < 1.29 is 0 Å². The van der Waals surface area contributed by atoms with Crippen LogP contribution in [0, 0.1) is 0 Å². The van der Waals surface area contributed by atoms with Crippen LogP contribution in [0.3, 0.4) is 0 Å². The van der Waals surface area contributed by atoms with Gasteiger partial charge in [0.25, 0.3) is 0 Å². The maximum atomic E-state index is 6.08. The van der Waals surface area contributed by atoms with Gasteiger partial charge in [-0.05, 0) is 30.5 Å². The number of benzene rings is 1. The predicted molar refractivity (Wildman–Crippen MR) is 89.7 cm³/mol. The molecule has 1 aromatic carbocycles. The number of guanidine groups is 1. The van der Waals surface area contributed by atoms with Crippen molar-refractivity contribution >= 4 is 46.1 Å². The molecule has 0 spiro atoms. The second kappa shape index (κ2) is 7.98. The highest BCUT2D eigenvalue weighted by Crippen LogP contribution is 2.35. The average Bonchev–Trinajstić information content (AvgIpc) is 2.35. The highest BCUT2D eigenvalue weighted by molar-refractivity contribution is 8.93. The number of hydrogen-bond donors (Lipinski definition) is 2. The van der Waals surface area contributed by atoms with Gasteiger partial charge in [-0.25, -0.2) is 0 Å². The molecule has 6 heteroatoms. The summed E-state index contributed by atoms with van der Waals surface area (Å²) in [6.45, 7) is 4.79. The molecule has 0 heterocycles. The summed E-state index contributed by atoms with van der Waals surface area (Å²) in [5.74, 6) is 0.112. The van der Waals surface area contributed by atoms with Crippen LogP contribution in [0.2, 0.25) is 10.0 Å². The van der Waals surface area contributed by atoms with Gasteiger partial charge in [0.1, 0.15) is 0 Å². The highest BCUT2D eigenvalue weighted by Gasteiger charge is 2.28. The van der Waals surface area contributed by atoms with Gasteiger partial charge in [0, 0.05) is 5.41 Å². The summed E-state index contributed by atoms with van der Waals surface area (Å²) in [5, 5.41) is 1.12. The molecule has 0 radical (unpaired) electrons. The monoisotopic (exact) mass is 367 g/mol. The fourth-order valence-electron chi connectivity index (χ4n) is 2.04. The van der Waals surface area contributed by atoms with E-state index in [4.69, 9.17) is 34.7 Å². The van der Waals surface area contributed by atoms with Crippen LogP contribution in [0.25, 0.3) is 0 Å². The molecule has 0 fully saturated rings. The summed E-state index contributed by atoms with van der Waals surface area (Å²) in [7, 11) is 0. The molecule has 0 aliphatic carbocycles. The molecule has 0 aromatic heterocycles. The minimum Gasteiger partial charge on any atom is -0.370 e. The van der Waals surface area contributed by atoms with Gasteiger partial charge >= 0.3 is 0 Å². The van der Waals surface area contributed by atoms with Gasteiger partial charge in [-0.1, -0.05) is 43.1 Å². The molecule has 3 nitrogen and oxygen atoms in total. The molecule has 0 amide bonds. The van der Waals surface area contributed by atoms with Gasteiger partial charge in [0.15, 0.2) is 5.96 Å². The van der Waals surface area contributed by atoms with Crippen molar-refractivity contribution in [3.05, 3.63) is 33.8 Å². The maximum absolute atomic E-state index is 6.08. The van der Waals surface area contributed by atoms with Crippen molar-refractivity contribution in [3.8, 4) is 0 Å². The lowest BCUT2D eigenvalue weighted by atomic mass is 9.76. The molecule has 4 N–H and O–H groups in total. The third kappa shape index (κ3) is 4.55. The van der Waals surface area contributed by atoms with Crippen LogP contribution in [0.5, 0.6) is 0 Å². The summed E-state index contributed by atoms with van der Waals surface area (Å²) >= 11 is 12.0. The molecule has 0 unspecified atom stereocenters. The number of halogens is 3. The minimum absolute atomic E-state index is 0. The summed E-state index contributed by atoms with van der Waals surface area (Å²) in [4.78, 5) is 4.16. The smallest absolute Gasteiger partial charge is 0.185 e. The Hall–Kier alpha value is -0.450. The molecule has 0 atom stereocenters. The second-order valence-electron chi connectivity index (χ2n) is 4.36. The van der Waals surface area contributed by atoms with E-state index >= 15 is 0 Å². The third-order valence-corrected chi connectivity index (χ3v) is 4.19. The number of nitrogens with two attached hydrogens (primary N) is 2. The van der Waals surface area contributed by atoms with E-state index in [2.05, 4.69) is 18.8 Å². The molecule has 0 aliphatic rings. The van der Waals surface area contributed by atoms with Crippen LogP contribution in [-0.2, 0) is 5.41 Å². The quantitative estimate of drug-likeness (QED) is 0.611. The first-order valence-electron chi connectivity index (χ1n) is 5.96. The van der Waals surface area contributed by atoms with Crippen LogP contribution in [-0.4, -0.2) is 12.5 Å². The zero-order chi connectivity index (χ0) is 13.8. The summed E-state index contributed by atoms with van der Waals surface area (Å²) in [5.41, 5.74) is 11.9. The first kappa shape index (κ1) is 18.6. The van der Waals surface area contributed by atoms with E-state index < -0.39 is 0 Å². The standard InChI is InChI=1S/C13H19Cl2N3.BrH/c1-3-13(4-2,8-18-12(16)17)9-5-6-10(14)11(15)7-9;/h5-7H,3-4,8H2,1-2H3,(H4,16,17,18);1H. The van der Waals surface area contributed by atoms with E-state index in [1.807, 2.05) is 18.2 Å². The summed E-state index contributed by atoms with van der Waals surface area (Å²) in [6.07, 6.45) is 1.86. The lowest BCUT2D eigenvalue weighted by Crippen LogP contribution is -2.31. The fourth-order valence-corrected chi connectivity index (χ4v) is 2.34. The first-order chi connectivity index (χ1) is 8.45. The molecule has 0 bridgehead atoms. The van der Waals surface area contributed by atoms with E-state index in [0.717, 1.165) is 18.4 Å². The maximum Gasteiger partial charge on any atom is 0.185 e. The van der Waals surface area contributed by atoms with Crippen molar-refractivity contribution in [2.45, 2.75) is 32.1 Å². The summed E-state index contributed by atoms with van der Waals surface area (Å²) < 4.78 is 0. The topological polar surface area (TPSA) is 64.4 Å². The van der Waals surface area contributed by atoms with Gasteiger partial charge in [0.2, 0.25) is 0 Å². The van der Waals surface area contributed by atoms with Crippen molar-refractivity contribution in [1.29, 1.82) is 0 Å². The molecule has 0 saturated carbocycles. The number of nitrogens with zero attached hydrogens (tertiary/aromatic N) is 1. The average molecular weight is 369 g/mol. The van der Waals surface area contributed by atoms with E-state index in [9.17, 15) is 0 Å². The Bertz CT molecular complexity index is 442. The van der Waals surface area contributed by atoms with Gasteiger partial charge in [-0.15, -0.1) is 17.0 Å². The van der Waals surface area contributed by atoms with E-state index in [-0.39, 0.29) is 28.4 Å². The number of rotatable bonds is 5. The SMILES string of the molecule is Br.CCC(CC)(CN=C(N)N)c1ccc(Cl)c(Cl)c1. The van der Waals surface area contributed by atoms with E-state index in [0.29, 0.717) is 16.6 Å². The Morgan fingerprint density at radius 2 is 1.74 bits per heavy atom. The fraction of sp³-hybridized carbons (Fsp3) is 0.462. The largest absolute Gasteiger partial charge is 0.370 e. The van der Waals surface area contributed by atoms with Crippen LogP contribution < -0.4 is 11.5 Å². The van der Waals surface area contributed by atoms with E-state index in [1.54, 1.807) is 0 Å². The normalized spacial score (nSPS) is 10.7. The molecular formula is C13H20BrCl2N3. The Labute approximate surface area is 135 Å². The van der Waals surface area contributed by atoms with E-state index in [1.165, 1.54) is 0 Å². The van der Waals surface area contributed by atoms with Crippen molar-refractivity contribution in [1.82, 2.24) is 0 Å².